The van der Waals surface area contributed by atoms with Crippen molar-refractivity contribution in [3.8, 4) is 0 Å². The molecule has 0 spiro atoms. The molecule has 1 atom stereocenters. The van der Waals surface area contributed by atoms with Gasteiger partial charge in [-0.25, -0.2) is 0 Å². The van der Waals surface area contributed by atoms with Crippen molar-refractivity contribution in [1.82, 2.24) is 5.32 Å². The molecule has 6 heteroatoms. The Balaban J connectivity index is 3.72. The first kappa shape index (κ1) is 23.3. The Morgan fingerprint density at radius 3 is 2.52 bits per heavy atom. The Morgan fingerprint density at radius 2 is 1.88 bits per heavy atom. The molecule has 0 heterocycles. The van der Waals surface area contributed by atoms with Crippen LogP contribution in [0.15, 0.2) is 24.3 Å². The Kier molecular flexibility index (Phi) is 12.7. The molecule has 6 nitrogen and oxygen atoms in total. The summed E-state index contributed by atoms with van der Waals surface area (Å²) in [6.07, 6.45) is 10.3. The minimum atomic E-state index is -1.28. The van der Waals surface area contributed by atoms with Crippen molar-refractivity contribution < 1.29 is 24.5 Å². The highest BCUT2D eigenvalue weighted by Crippen LogP contribution is 2.19. The summed E-state index contributed by atoms with van der Waals surface area (Å²) >= 11 is 0. The number of nitrogens with one attached hydrogen (secondary N) is 1. The molecule has 0 aliphatic carbocycles. The van der Waals surface area contributed by atoms with E-state index in [2.05, 4.69) is 24.4 Å². The number of aliphatic hydroxyl groups excluding tert-OH is 2. The third-order valence-electron chi connectivity index (χ3n) is 3.64. The van der Waals surface area contributed by atoms with Crippen LogP contribution in [0.1, 0.15) is 52.9 Å². The zero-order valence-electron chi connectivity index (χ0n) is 15.7. The summed E-state index contributed by atoms with van der Waals surface area (Å²) in [5.74, 6) is -0.797. The third-order valence-corrected chi connectivity index (χ3v) is 3.64. The molecule has 0 aromatic heterocycles. The average Bonchev–Trinajstić information content (AvgIpc) is 2.59. The zero-order valence-corrected chi connectivity index (χ0v) is 15.7. The third kappa shape index (κ3) is 11.5. The lowest BCUT2D eigenvalue weighted by atomic mass is 9.87. The topological polar surface area (TPSA) is 95.9 Å². The van der Waals surface area contributed by atoms with Gasteiger partial charge in [-0.15, -0.1) is 0 Å². The van der Waals surface area contributed by atoms with Crippen LogP contribution in [-0.4, -0.2) is 48.0 Å². The molecule has 0 aromatic carbocycles. The van der Waals surface area contributed by atoms with Crippen LogP contribution in [0, 0.1) is 5.41 Å². The van der Waals surface area contributed by atoms with E-state index in [1.165, 1.54) is 0 Å². The van der Waals surface area contributed by atoms with E-state index >= 15 is 0 Å². The summed E-state index contributed by atoms with van der Waals surface area (Å²) in [6.45, 7) is 5.53. The Hall–Kier alpha value is -1.66. The standard InChI is InChI=1S/C19H33NO5/c1-4-5-6-7-8-9-10-12-16(22)25-14-11-13-20-18(24)17(23)19(2,3)15-21/h5-6,8-9,17,21,23H,4,7,10-15H2,1-3H3,(H,20,24)/b6-5-,9-8-. The maximum Gasteiger partial charge on any atom is 0.306 e. The number of ether oxygens (including phenoxy) is 1. The van der Waals surface area contributed by atoms with Crippen molar-refractivity contribution in [2.45, 2.75) is 59.0 Å². The molecule has 0 fully saturated rings. The number of rotatable bonds is 13. The van der Waals surface area contributed by atoms with Crippen LogP contribution in [0.3, 0.4) is 0 Å². The Labute approximate surface area is 151 Å². The number of hydrogen-bond acceptors (Lipinski definition) is 5. The molecule has 0 aliphatic rings. The van der Waals surface area contributed by atoms with Gasteiger partial charge in [-0.1, -0.05) is 45.1 Å². The van der Waals surface area contributed by atoms with Crippen molar-refractivity contribution in [2.24, 2.45) is 5.41 Å². The molecule has 0 rings (SSSR count). The number of allylic oxidation sites excluding steroid dienone is 4. The van der Waals surface area contributed by atoms with E-state index in [1.807, 2.05) is 12.2 Å². The quantitative estimate of drug-likeness (QED) is 0.267. The summed E-state index contributed by atoms with van der Waals surface area (Å²) in [5, 5.41) is 21.5. The summed E-state index contributed by atoms with van der Waals surface area (Å²) < 4.78 is 5.08. The lowest BCUT2D eigenvalue weighted by Crippen LogP contribution is -2.45. The van der Waals surface area contributed by atoms with Crippen LogP contribution in [-0.2, 0) is 14.3 Å². The van der Waals surface area contributed by atoms with Crippen molar-refractivity contribution in [3.63, 3.8) is 0 Å². The first-order valence-corrected chi connectivity index (χ1v) is 8.87. The number of amides is 1. The number of carbonyl (C=O) groups is 2. The maximum absolute atomic E-state index is 11.7. The largest absolute Gasteiger partial charge is 0.466 e. The number of hydrogen-bond donors (Lipinski definition) is 3. The summed E-state index contributed by atoms with van der Waals surface area (Å²) in [5.41, 5.74) is -0.892. The van der Waals surface area contributed by atoms with Gasteiger partial charge < -0.3 is 20.3 Å². The van der Waals surface area contributed by atoms with Crippen molar-refractivity contribution in [3.05, 3.63) is 24.3 Å². The van der Waals surface area contributed by atoms with Gasteiger partial charge in [0.15, 0.2) is 0 Å². The molecular weight excluding hydrogens is 322 g/mol. The van der Waals surface area contributed by atoms with Crippen LogP contribution in [0.4, 0.5) is 0 Å². The first-order valence-electron chi connectivity index (χ1n) is 8.87. The normalized spacial score (nSPS) is 13.3. The van der Waals surface area contributed by atoms with E-state index in [4.69, 9.17) is 9.84 Å². The number of aliphatic hydroxyl groups is 2. The molecule has 0 saturated carbocycles. The fourth-order valence-corrected chi connectivity index (χ4v) is 1.84. The van der Waals surface area contributed by atoms with Gasteiger partial charge in [-0.3, -0.25) is 9.59 Å². The molecule has 0 bridgehead atoms. The Morgan fingerprint density at radius 1 is 1.20 bits per heavy atom. The predicted octanol–water partition coefficient (Wildman–Crippen LogP) is 2.11. The molecule has 144 valence electrons. The molecule has 0 aliphatic heterocycles. The van der Waals surface area contributed by atoms with E-state index in [0.717, 1.165) is 12.8 Å². The SMILES string of the molecule is CC/C=C\C/C=C\CCC(=O)OCCCNC(=O)C(O)C(C)(C)CO. The summed E-state index contributed by atoms with van der Waals surface area (Å²) in [4.78, 5) is 23.3. The highest BCUT2D eigenvalue weighted by atomic mass is 16.5. The smallest absolute Gasteiger partial charge is 0.306 e. The van der Waals surface area contributed by atoms with Gasteiger partial charge in [-0.05, 0) is 25.7 Å². The monoisotopic (exact) mass is 355 g/mol. The van der Waals surface area contributed by atoms with Gasteiger partial charge in [-0.2, -0.15) is 0 Å². The van der Waals surface area contributed by atoms with Gasteiger partial charge in [0.1, 0.15) is 6.10 Å². The van der Waals surface area contributed by atoms with Gasteiger partial charge in [0.2, 0.25) is 5.91 Å². The Bertz CT molecular complexity index is 443. The van der Waals surface area contributed by atoms with Crippen LogP contribution in [0.2, 0.25) is 0 Å². The fraction of sp³-hybridized carbons (Fsp3) is 0.684. The second-order valence-electron chi connectivity index (χ2n) is 6.54. The predicted molar refractivity (Wildman–Crippen MR) is 97.9 cm³/mol. The second-order valence-corrected chi connectivity index (χ2v) is 6.54. The van der Waals surface area contributed by atoms with Crippen molar-refractivity contribution in [2.75, 3.05) is 19.8 Å². The number of carbonyl (C=O) groups excluding carboxylic acids is 2. The average molecular weight is 355 g/mol. The lowest BCUT2D eigenvalue weighted by molar-refractivity contribution is -0.143. The summed E-state index contributed by atoms with van der Waals surface area (Å²) in [6, 6.07) is 0. The van der Waals surface area contributed by atoms with E-state index in [1.54, 1.807) is 13.8 Å². The lowest BCUT2D eigenvalue weighted by Gasteiger charge is -2.27. The molecule has 0 saturated heterocycles. The molecule has 3 N–H and O–H groups in total. The minimum absolute atomic E-state index is 0.224. The summed E-state index contributed by atoms with van der Waals surface area (Å²) in [7, 11) is 0. The minimum Gasteiger partial charge on any atom is -0.466 e. The van der Waals surface area contributed by atoms with Crippen LogP contribution >= 0.6 is 0 Å². The molecule has 1 amide bonds. The van der Waals surface area contributed by atoms with Crippen LogP contribution in [0.5, 0.6) is 0 Å². The first-order chi connectivity index (χ1) is 11.8. The molecule has 0 radical (unpaired) electrons. The van der Waals surface area contributed by atoms with Gasteiger partial charge in [0.05, 0.1) is 13.2 Å². The van der Waals surface area contributed by atoms with Crippen LogP contribution < -0.4 is 5.32 Å². The van der Waals surface area contributed by atoms with E-state index in [-0.39, 0.29) is 19.2 Å². The zero-order chi connectivity index (χ0) is 19.1. The fourth-order valence-electron chi connectivity index (χ4n) is 1.84. The highest BCUT2D eigenvalue weighted by molar-refractivity contribution is 5.81. The van der Waals surface area contributed by atoms with Crippen molar-refractivity contribution >= 4 is 11.9 Å². The molecular formula is C19H33NO5. The maximum atomic E-state index is 11.7. The van der Waals surface area contributed by atoms with Gasteiger partial charge in [0, 0.05) is 18.4 Å². The van der Waals surface area contributed by atoms with Gasteiger partial charge >= 0.3 is 5.97 Å². The highest BCUT2D eigenvalue weighted by Gasteiger charge is 2.32. The molecule has 0 aromatic rings. The van der Waals surface area contributed by atoms with Crippen LogP contribution in [0.25, 0.3) is 0 Å². The molecule has 25 heavy (non-hydrogen) atoms. The van der Waals surface area contributed by atoms with Gasteiger partial charge in [0.25, 0.3) is 0 Å². The number of esters is 1. The van der Waals surface area contributed by atoms with E-state index in [0.29, 0.717) is 25.8 Å². The van der Waals surface area contributed by atoms with E-state index in [9.17, 15) is 14.7 Å². The van der Waals surface area contributed by atoms with E-state index < -0.39 is 17.4 Å². The molecule has 1 unspecified atom stereocenters. The second kappa shape index (κ2) is 13.6. The van der Waals surface area contributed by atoms with Crippen molar-refractivity contribution in [1.29, 1.82) is 0 Å².